The molecular weight excluding hydrogens is 854 g/mol. The SMILES string of the molecule is CC(C)(C)c1ccnc(-c2[c-]c(-c3cc(-c4ccccc4-c4ccc5c(c4)c4ccccc4n5-c4ccccc4)cc(-c4ccccc4O)n3)ccc2)c1.[Pt]. The van der Waals surface area contributed by atoms with Crippen LogP contribution in [0.15, 0.2) is 170 Å². The van der Waals surface area contributed by atoms with Gasteiger partial charge in [0.1, 0.15) is 5.75 Å². The minimum Gasteiger partial charge on any atom is -0.507 e. The molecule has 0 saturated heterocycles. The van der Waals surface area contributed by atoms with E-state index in [4.69, 9.17) is 9.97 Å². The first-order chi connectivity index (χ1) is 26.3. The topological polar surface area (TPSA) is 50.9 Å². The third kappa shape index (κ3) is 6.79. The maximum absolute atomic E-state index is 11.0. The third-order valence-corrected chi connectivity index (χ3v) is 10.2. The monoisotopic (exact) mass is 891 g/mol. The Kier molecular flexibility index (Phi) is 9.55. The predicted octanol–water partition coefficient (Wildman–Crippen LogP) is 12.7. The van der Waals surface area contributed by atoms with E-state index in [-0.39, 0.29) is 32.2 Å². The maximum atomic E-state index is 11.0. The smallest absolute Gasteiger partial charge is 0.124 e. The number of phenolic OH excluding ortho intramolecular Hbond substituents is 1. The fraction of sp³-hybridized carbons (Fsp3) is 0.0800. The van der Waals surface area contributed by atoms with Gasteiger partial charge in [-0.15, -0.1) is 24.3 Å². The summed E-state index contributed by atoms with van der Waals surface area (Å²) in [7, 11) is 0. The van der Waals surface area contributed by atoms with Gasteiger partial charge >= 0.3 is 0 Å². The summed E-state index contributed by atoms with van der Waals surface area (Å²) in [5.41, 5.74) is 13.7. The average molecular weight is 892 g/mol. The van der Waals surface area contributed by atoms with Gasteiger partial charge in [-0.2, -0.15) is 0 Å². The summed E-state index contributed by atoms with van der Waals surface area (Å²) in [4.78, 5) is 9.86. The van der Waals surface area contributed by atoms with Crippen LogP contribution in [-0.2, 0) is 26.5 Å². The van der Waals surface area contributed by atoms with Crippen molar-refractivity contribution in [2.24, 2.45) is 0 Å². The van der Waals surface area contributed by atoms with Crippen molar-refractivity contribution in [3.63, 3.8) is 0 Å². The van der Waals surface area contributed by atoms with Crippen molar-refractivity contribution in [3.05, 3.63) is 182 Å². The second kappa shape index (κ2) is 14.6. The Bertz CT molecular complexity index is 2830. The molecule has 0 atom stereocenters. The number of pyridine rings is 2. The van der Waals surface area contributed by atoms with Crippen LogP contribution in [0.1, 0.15) is 26.3 Å². The fourth-order valence-electron chi connectivity index (χ4n) is 7.45. The molecule has 1 N–H and O–H groups in total. The zero-order chi connectivity index (χ0) is 36.8. The van der Waals surface area contributed by atoms with E-state index in [1.54, 1.807) is 6.07 Å². The number of aromatic nitrogens is 3. The quantitative estimate of drug-likeness (QED) is 0.169. The molecule has 55 heavy (non-hydrogen) atoms. The number of aromatic hydroxyl groups is 1. The summed E-state index contributed by atoms with van der Waals surface area (Å²) in [6.07, 6.45) is 1.87. The second-order valence-corrected chi connectivity index (χ2v) is 14.8. The second-order valence-electron chi connectivity index (χ2n) is 14.8. The first-order valence-corrected chi connectivity index (χ1v) is 18.3. The number of nitrogens with zero attached hydrogens (tertiary/aromatic N) is 3. The molecule has 5 heteroatoms. The van der Waals surface area contributed by atoms with Crippen molar-refractivity contribution < 1.29 is 26.2 Å². The van der Waals surface area contributed by atoms with Crippen LogP contribution in [0.2, 0.25) is 0 Å². The zero-order valence-corrected chi connectivity index (χ0v) is 33.0. The van der Waals surface area contributed by atoms with Gasteiger partial charge in [-0.1, -0.05) is 123 Å². The molecule has 6 aromatic carbocycles. The normalized spacial score (nSPS) is 11.5. The average Bonchev–Trinajstić information content (AvgIpc) is 3.55. The Morgan fingerprint density at radius 3 is 1.93 bits per heavy atom. The molecule has 0 unspecified atom stereocenters. The standard InChI is InChI=1S/C50H38N3O.Pt/c1-50(2,3)37-26-27-51-44(32-37)34-14-13-15-35(28-34)45-30-36(31-46(52-45)42-21-10-12-23-49(42)54)40-19-8-7-18-39(40)33-24-25-48-43(29-33)41-20-9-11-22-47(41)53(48)38-16-5-4-6-17-38;/h4-27,29-32,54H,1-3H3;/q-1;. The van der Waals surface area contributed by atoms with Crippen LogP contribution in [0.3, 0.4) is 0 Å². The number of rotatable bonds is 6. The largest absolute Gasteiger partial charge is 0.507 e. The summed E-state index contributed by atoms with van der Waals surface area (Å²) in [5.74, 6) is 0.183. The van der Waals surface area contributed by atoms with Crippen molar-refractivity contribution in [1.82, 2.24) is 14.5 Å². The van der Waals surface area contributed by atoms with Crippen molar-refractivity contribution >= 4 is 21.8 Å². The fourth-order valence-corrected chi connectivity index (χ4v) is 7.45. The van der Waals surface area contributed by atoms with Crippen LogP contribution >= 0.6 is 0 Å². The van der Waals surface area contributed by atoms with Gasteiger partial charge in [-0.25, -0.2) is 0 Å². The molecule has 3 heterocycles. The minimum absolute atomic E-state index is 0. The summed E-state index contributed by atoms with van der Waals surface area (Å²) >= 11 is 0. The Morgan fingerprint density at radius 1 is 0.527 bits per heavy atom. The number of phenols is 1. The molecule has 0 aliphatic carbocycles. The van der Waals surface area contributed by atoms with Gasteiger partial charge in [0.05, 0.1) is 16.7 Å². The summed E-state index contributed by atoms with van der Waals surface area (Å²) in [6, 6.07) is 60.1. The van der Waals surface area contributed by atoms with Crippen LogP contribution in [0.25, 0.3) is 83.5 Å². The van der Waals surface area contributed by atoms with E-state index in [0.29, 0.717) is 11.3 Å². The Morgan fingerprint density at radius 2 is 1.16 bits per heavy atom. The van der Waals surface area contributed by atoms with Gasteiger partial charge in [-0.3, -0.25) is 9.97 Å². The van der Waals surface area contributed by atoms with Crippen LogP contribution in [0.4, 0.5) is 0 Å². The molecule has 0 aliphatic heterocycles. The number of para-hydroxylation sites is 3. The van der Waals surface area contributed by atoms with E-state index < -0.39 is 0 Å². The van der Waals surface area contributed by atoms with Crippen molar-refractivity contribution in [2.75, 3.05) is 0 Å². The van der Waals surface area contributed by atoms with Gasteiger partial charge in [-0.05, 0) is 87.8 Å². The summed E-state index contributed by atoms with van der Waals surface area (Å²) < 4.78 is 2.34. The van der Waals surface area contributed by atoms with E-state index in [2.05, 4.69) is 153 Å². The number of benzene rings is 6. The number of fused-ring (bicyclic) bond motifs is 3. The molecule has 0 spiro atoms. The Hall–Kier alpha value is -6.09. The van der Waals surface area contributed by atoms with Gasteiger partial charge in [0.2, 0.25) is 0 Å². The van der Waals surface area contributed by atoms with E-state index in [9.17, 15) is 5.11 Å². The van der Waals surface area contributed by atoms with E-state index in [1.165, 1.54) is 21.9 Å². The van der Waals surface area contributed by atoms with E-state index >= 15 is 0 Å². The predicted molar refractivity (Wildman–Crippen MR) is 223 cm³/mol. The summed E-state index contributed by atoms with van der Waals surface area (Å²) in [6.45, 7) is 6.63. The molecule has 4 nitrogen and oxygen atoms in total. The summed E-state index contributed by atoms with van der Waals surface area (Å²) in [5, 5.41) is 13.4. The van der Waals surface area contributed by atoms with Crippen LogP contribution < -0.4 is 0 Å². The zero-order valence-electron chi connectivity index (χ0n) is 30.8. The Labute approximate surface area is 336 Å². The molecule has 0 saturated carbocycles. The third-order valence-electron chi connectivity index (χ3n) is 10.2. The number of hydrogen-bond acceptors (Lipinski definition) is 3. The first kappa shape index (κ1) is 35.9. The van der Waals surface area contributed by atoms with E-state index in [1.807, 2.05) is 42.6 Å². The molecular formula is C50H38N3OPt-. The maximum Gasteiger partial charge on any atom is 0.124 e. The van der Waals surface area contributed by atoms with Gasteiger partial charge in [0, 0.05) is 60.7 Å². The van der Waals surface area contributed by atoms with Crippen LogP contribution in [0, 0.1) is 6.07 Å². The first-order valence-electron chi connectivity index (χ1n) is 18.3. The van der Waals surface area contributed by atoms with Crippen LogP contribution in [0.5, 0.6) is 5.75 Å². The van der Waals surface area contributed by atoms with Crippen LogP contribution in [-0.4, -0.2) is 19.6 Å². The Balaban J connectivity index is 0.00000427. The van der Waals surface area contributed by atoms with Crippen molar-refractivity contribution in [2.45, 2.75) is 26.2 Å². The molecule has 9 aromatic rings. The number of hydrogen-bond donors (Lipinski definition) is 1. The van der Waals surface area contributed by atoms with Gasteiger partial charge in [0.25, 0.3) is 0 Å². The molecule has 0 fully saturated rings. The molecule has 270 valence electrons. The van der Waals surface area contributed by atoms with Gasteiger partial charge in [0.15, 0.2) is 0 Å². The molecule has 0 aliphatic rings. The molecule has 0 radical (unpaired) electrons. The molecule has 3 aromatic heterocycles. The minimum atomic E-state index is -0.00530. The van der Waals surface area contributed by atoms with Gasteiger partial charge < -0.3 is 9.67 Å². The van der Waals surface area contributed by atoms with Crippen molar-refractivity contribution in [1.29, 1.82) is 0 Å². The molecule has 0 amide bonds. The van der Waals surface area contributed by atoms with E-state index in [0.717, 1.165) is 56.0 Å². The molecule has 9 rings (SSSR count). The molecule has 0 bridgehead atoms. The van der Waals surface area contributed by atoms with Crippen molar-refractivity contribution in [3.8, 4) is 67.5 Å².